The van der Waals surface area contributed by atoms with Crippen molar-refractivity contribution in [1.82, 2.24) is 5.32 Å². The maximum atomic E-state index is 5.95. The van der Waals surface area contributed by atoms with Crippen molar-refractivity contribution < 1.29 is 0 Å². The van der Waals surface area contributed by atoms with Crippen LogP contribution in [-0.2, 0) is 6.54 Å². The highest BCUT2D eigenvalue weighted by atomic mass is 35.5. The molecule has 1 N–H and O–H groups in total. The van der Waals surface area contributed by atoms with Crippen LogP contribution >= 0.6 is 11.6 Å². The summed E-state index contributed by atoms with van der Waals surface area (Å²) in [5.41, 5.74) is 1.25. The molecule has 16 heavy (non-hydrogen) atoms. The Kier molecular flexibility index (Phi) is 5.86. The molecule has 90 valence electrons. The number of rotatable bonds is 6. The van der Waals surface area contributed by atoms with Crippen LogP contribution in [0.3, 0.4) is 0 Å². The minimum atomic E-state index is 0.564. The average Bonchev–Trinajstić information content (AvgIpc) is 2.28. The summed E-state index contributed by atoms with van der Waals surface area (Å²) in [4.78, 5) is 0. The summed E-state index contributed by atoms with van der Waals surface area (Å²) in [7, 11) is 0. The molecule has 0 saturated carbocycles. The standard InChI is InChI=1S/C14H22ClN/c1-4-13(5-2)11(3)16-10-12-7-6-8-14(15)9-12/h6-9,11,13,16H,4-5,10H2,1-3H3. The van der Waals surface area contributed by atoms with Crippen LogP contribution < -0.4 is 5.32 Å². The zero-order chi connectivity index (χ0) is 12.0. The van der Waals surface area contributed by atoms with Crippen LogP contribution in [0.15, 0.2) is 24.3 Å². The minimum Gasteiger partial charge on any atom is -0.310 e. The third-order valence-corrected chi connectivity index (χ3v) is 3.51. The van der Waals surface area contributed by atoms with Gasteiger partial charge < -0.3 is 5.32 Å². The summed E-state index contributed by atoms with van der Waals surface area (Å²) in [6.45, 7) is 7.68. The third-order valence-electron chi connectivity index (χ3n) is 3.27. The summed E-state index contributed by atoms with van der Waals surface area (Å²) in [5.74, 6) is 0.763. The van der Waals surface area contributed by atoms with E-state index >= 15 is 0 Å². The molecule has 0 spiro atoms. The van der Waals surface area contributed by atoms with Crippen LogP contribution in [0.2, 0.25) is 5.02 Å². The molecule has 0 aliphatic carbocycles. The highest BCUT2D eigenvalue weighted by Crippen LogP contribution is 2.14. The van der Waals surface area contributed by atoms with Gasteiger partial charge in [-0.05, 0) is 30.5 Å². The van der Waals surface area contributed by atoms with Gasteiger partial charge in [-0.1, -0.05) is 50.4 Å². The van der Waals surface area contributed by atoms with Gasteiger partial charge in [0.05, 0.1) is 0 Å². The lowest BCUT2D eigenvalue weighted by atomic mass is 9.95. The van der Waals surface area contributed by atoms with Gasteiger partial charge in [-0.15, -0.1) is 0 Å². The number of hydrogen-bond acceptors (Lipinski definition) is 1. The summed E-state index contributed by atoms with van der Waals surface area (Å²) >= 11 is 5.95. The first-order valence-corrected chi connectivity index (χ1v) is 6.53. The van der Waals surface area contributed by atoms with Crippen molar-refractivity contribution in [3.8, 4) is 0 Å². The first-order valence-electron chi connectivity index (χ1n) is 6.15. The predicted molar refractivity (Wildman–Crippen MR) is 71.8 cm³/mol. The second kappa shape index (κ2) is 6.93. The van der Waals surface area contributed by atoms with E-state index in [1.54, 1.807) is 0 Å². The van der Waals surface area contributed by atoms with Crippen LogP contribution in [0.25, 0.3) is 0 Å². The van der Waals surface area contributed by atoms with Gasteiger partial charge in [0.2, 0.25) is 0 Å². The highest BCUT2D eigenvalue weighted by Gasteiger charge is 2.12. The second-order valence-electron chi connectivity index (χ2n) is 4.38. The zero-order valence-electron chi connectivity index (χ0n) is 10.5. The molecule has 1 aromatic rings. The van der Waals surface area contributed by atoms with Crippen LogP contribution in [0.5, 0.6) is 0 Å². The van der Waals surface area contributed by atoms with E-state index in [0.29, 0.717) is 6.04 Å². The molecule has 1 rings (SSSR count). The van der Waals surface area contributed by atoms with Gasteiger partial charge in [0.25, 0.3) is 0 Å². The van der Waals surface area contributed by atoms with Gasteiger partial charge in [0.15, 0.2) is 0 Å². The normalized spacial score (nSPS) is 13.1. The summed E-state index contributed by atoms with van der Waals surface area (Å²) in [6, 6.07) is 8.61. The molecule has 0 fully saturated rings. The molecular weight excluding hydrogens is 218 g/mol. The van der Waals surface area contributed by atoms with E-state index in [1.807, 2.05) is 18.2 Å². The Morgan fingerprint density at radius 2 is 1.94 bits per heavy atom. The average molecular weight is 240 g/mol. The molecule has 0 bridgehead atoms. The summed E-state index contributed by atoms with van der Waals surface area (Å²) in [6.07, 6.45) is 2.47. The molecule has 0 aromatic heterocycles. The van der Waals surface area contributed by atoms with Crippen molar-refractivity contribution in [2.75, 3.05) is 0 Å². The van der Waals surface area contributed by atoms with Crippen molar-refractivity contribution >= 4 is 11.6 Å². The van der Waals surface area contributed by atoms with Crippen LogP contribution in [0, 0.1) is 5.92 Å². The van der Waals surface area contributed by atoms with Gasteiger partial charge in [-0.3, -0.25) is 0 Å². The third kappa shape index (κ3) is 4.15. The topological polar surface area (TPSA) is 12.0 Å². The molecular formula is C14H22ClN. The highest BCUT2D eigenvalue weighted by molar-refractivity contribution is 6.30. The lowest BCUT2D eigenvalue weighted by Crippen LogP contribution is -2.32. The molecule has 1 unspecified atom stereocenters. The van der Waals surface area contributed by atoms with E-state index in [2.05, 4.69) is 32.2 Å². The molecule has 1 nitrogen and oxygen atoms in total. The molecule has 0 heterocycles. The number of hydrogen-bond donors (Lipinski definition) is 1. The Balaban J connectivity index is 2.45. The Bertz CT molecular complexity index is 307. The van der Waals surface area contributed by atoms with E-state index in [0.717, 1.165) is 17.5 Å². The lowest BCUT2D eigenvalue weighted by molar-refractivity contribution is 0.353. The fourth-order valence-corrected chi connectivity index (χ4v) is 2.30. The maximum absolute atomic E-state index is 5.95. The number of benzene rings is 1. The van der Waals surface area contributed by atoms with E-state index in [1.165, 1.54) is 18.4 Å². The Labute approximate surface area is 104 Å². The molecule has 1 atom stereocenters. The van der Waals surface area contributed by atoms with E-state index in [-0.39, 0.29) is 0 Å². The first kappa shape index (κ1) is 13.5. The Morgan fingerprint density at radius 3 is 2.50 bits per heavy atom. The van der Waals surface area contributed by atoms with Crippen molar-refractivity contribution in [2.24, 2.45) is 5.92 Å². The van der Waals surface area contributed by atoms with Gasteiger partial charge >= 0.3 is 0 Å². The monoisotopic (exact) mass is 239 g/mol. The predicted octanol–water partition coefficient (Wildman–Crippen LogP) is 4.25. The van der Waals surface area contributed by atoms with Crippen molar-refractivity contribution in [2.45, 2.75) is 46.2 Å². The maximum Gasteiger partial charge on any atom is 0.0409 e. The van der Waals surface area contributed by atoms with Crippen molar-refractivity contribution in [3.05, 3.63) is 34.9 Å². The van der Waals surface area contributed by atoms with Gasteiger partial charge in [0, 0.05) is 17.6 Å². The fraction of sp³-hybridized carbons (Fsp3) is 0.571. The fourth-order valence-electron chi connectivity index (χ4n) is 2.09. The van der Waals surface area contributed by atoms with E-state index < -0.39 is 0 Å². The summed E-state index contributed by atoms with van der Waals surface area (Å²) < 4.78 is 0. The number of halogens is 1. The smallest absolute Gasteiger partial charge is 0.0409 e. The van der Waals surface area contributed by atoms with E-state index in [4.69, 9.17) is 11.6 Å². The Morgan fingerprint density at radius 1 is 1.25 bits per heavy atom. The van der Waals surface area contributed by atoms with Crippen LogP contribution in [-0.4, -0.2) is 6.04 Å². The van der Waals surface area contributed by atoms with Gasteiger partial charge in [-0.2, -0.15) is 0 Å². The Hall–Kier alpha value is -0.530. The molecule has 0 saturated heterocycles. The first-order chi connectivity index (χ1) is 7.67. The van der Waals surface area contributed by atoms with Crippen molar-refractivity contribution in [3.63, 3.8) is 0 Å². The summed E-state index contributed by atoms with van der Waals surface area (Å²) in [5, 5.41) is 4.38. The second-order valence-corrected chi connectivity index (χ2v) is 4.81. The molecule has 0 amide bonds. The van der Waals surface area contributed by atoms with Gasteiger partial charge in [-0.25, -0.2) is 0 Å². The van der Waals surface area contributed by atoms with Crippen LogP contribution in [0.4, 0.5) is 0 Å². The molecule has 0 radical (unpaired) electrons. The zero-order valence-corrected chi connectivity index (χ0v) is 11.2. The SMILES string of the molecule is CCC(CC)C(C)NCc1cccc(Cl)c1. The molecule has 0 aliphatic rings. The quantitative estimate of drug-likeness (QED) is 0.783. The largest absolute Gasteiger partial charge is 0.310 e. The van der Waals surface area contributed by atoms with Crippen molar-refractivity contribution in [1.29, 1.82) is 0 Å². The molecule has 2 heteroatoms. The van der Waals surface area contributed by atoms with Crippen LogP contribution in [0.1, 0.15) is 39.2 Å². The minimum absolute atomic E-state index is 0.564. The lowest BCUT2D eigenvalue weighted by Gasteiger charge is -2.22. The van der Waals surface area contributed by atoms with Gasteiger partial charge in [0.1, 0.15) is 0 Å². The molecule has 1 aromatic carbocycles. The van der Waals surface area contributed by atoms with E-state index in [9.17, 15) is 0 Å². The number of nitrogens with one attached hydrogen (secondary N) is 1. The molecule has 0 aliphatic heterocycles.